The number of amides is 1. The lowest BCUT2D eigenvalue weighted by molar-refractivity contribution is -0.145. The fourth-order valence-electron chi connectivity index (χ4n) is 5.46. The SMILES string of the molecule is NC1CCN(C(=O)[C@H](NS(=O)(=O)c2ccc3c(cnn3CC3CCCC3)c2)C(F)(F)c2ccc(Cl)cc2)CC1. The standard InChI is InChI=1S/C27H32ClF2N5O3S/c28-21-7-5-20(6-8-21)27(29,30)25(26(36)34-13-11-22(31)12-14-34)33-39(37,38)23-9-10-24-19(15-23)16-32-35(24)17-18-3-1-2-4-18/h5-10,15-16,18,22,25,33H,1-4,11-14,17,31H2/t25-/m0/s1. The fraction of sp³-hybridized carbons (Fsp3) is 0.481. The second-order valence-electron chi connectivity index (χ2n) is 10.5. The number of halogens is 3. The maximum Gasteiger partial charge on any atom is 0.298 e. The van der Waals surface area contributed by atoms with Crippen molar-refractivity contribution in [1.82, 2.24) is 19.4 Å². The second-order valence-corrected chi connectivity index (χ2v) is 12.7. The number of fused-ring (bicyclic) bond motifs is 1. The monoisotopic (exact) mass is 579 g/mol. The van der Waals surface area contributed by atoms with Crippen LogP contribution in [0.1, 0.15) is 44.1 Å². The van der Waals surface area contributed by atoms with Crippen molar-refractivity contribution in [1.29, 1.82) is 0 Å². The summed E-state index contributed by atoms with van der Waals surface area (Å²) in [4.78, 5) is 14.4. The van der Waals surface area contributed by atoms with Gasteiger partial charge < -0.3 is 10.6 Å². The van der Waals surface area contributed by atoms with E-state index in [1.165, 1.54) is 42.0 Å². The Kier molecular flexibility index (Phi) is 7.96. The maximum atomic E-state index is 15.9. The summed E-state index contributed by atoms with van der Waals surface area (Å²) in [5.41, 5.74) is 6.16. The fourth-order valence-corrected chi connectivity index (χ4v) is 6.81. The number of nitrogens with one attached hydrogen (secondary N) is 1. The first-order chi connectivity index (χ1) is 18.5. The number of benzene rings is 2. The summed E-state index contributed by atoms with van der Waals surface area (Å²) in [6.07, 6.45) is 7.13. The molecule has 12 heteroatoms. The van der Waals surface area contributed by atoms with Crippen LogP contribution in [-0.4, -0.2) is 54.2 Å². The molecule has 0 radical (unpaired) electrons. The van der Waals surface area contributed by atoms with Gasteiger partial charge in [0.2, 0.25) is 15.9 Å². The van der Waals surface area contributed by atoms with Crippen molar-refractivity contribution in [2.24, 2.45) is 11.7 Å². The Morgan fingerprint density at radius 2 is 1.77 bits per heavy atom. The molecular formula is C27H32ClF2N5O3S. The molecule has 2 aliphatic rings. The minimum absolute atomic E-state index is 0.137. The molecule has 3 aromatic rings. The third-order valence-corrected chi connectivity index (χ3v) is 9.46. The number of nitrogens with zero attached hydrogens (tertiary/aromatic N) is 3. The predicted octanol–water partition coefficient (Wildman–Crippen LogP) is 4.27. The molecule has 3 N–H and O–H groups in total. The van der Waals surface area contributed by atoms with E-state index in [1.807, 2.05) is 9.40 Å². The number of aromatic nitrogens is 2. The number of piperidine rings is 1. The van der Waals surface area contributed by atoms with Gasteiger partial charge in [0, 0.05) is 41.6 Å². The quantitative estimate of drug-likeness (QED) is 0.414. The van der Waals surface area contributed by atoms with Gasteiger partial charge in [-0.25, -0.2) is 8.42 Å². The molecule has 1 saturated carbocycles. The molecule has 5 rings (SSSR count). The zero-order valence-corrected chi connectivity index (χ0v) is 23.0. The van der Waals surface area contributed by atoms with Crippen LogP contribution in [0.2, 0.25) is 5.02 Å². The lowest BCUT2D eigenvalue weighted by Gasteiger charge is -2.35. The molecule has 2 fully saturated rings. The second kappa shape index (κ2) is 11.1. The van der Waals surface area contributed by atoms with E-state index in [9.17, 15) is 13.2 Å². The molecule has 1 aliphatic heterocycles. The number of sulfonamides is 1. The average molecular weight is 580 g/mol. The van der Waals surface area contributed by atoms with Crippen LogP contribution in [0.5, 0.6) is 0 Å². The number of likely N-dealkylation sites (tertiary alicyclic amines) is 1. The van der Waals surface area contributed by atoms with E-state index in [4.69, 9.17) is 17.3 Å². The van der Waals surface area contributed by atoms with Crippen LogP contribution < -0.4 is 10.5 Å². The van der Waals surface area contributed by atoms with E-state index in [1.54, 1.807) is 12.3 Å². The molecular weight excluding hydrogens is 548 g/mol. The molecule has 210 valence electrons. The Hall–Kier alpha value is -2.60. The van der Waals surface area contributed by atoms with E-state index < -0.39 is 33.5 Å². The van der Waals surface area contributed by atoms with Gasteiger partial charge in [-0.1, -0.05) is 36.6 Å². The number of carbonyl (C=O) groups excluding carboxylic acids is 1. The molecule has 1 aromatic heterocycles. The number of carbonyl (C=O) groups is 1. The van der Waals surface area contributed by atoms with Crippen LogP contribution in [0.4, 0.5) is 8.78 Å². The average Bonchev–Trinajstić information content (AvgIpc) is 3.58. The number of alkyl halides is 2. The summed E-state index contributed by atoms with van der Waals surface area (Å²) in [6, 6.07) is 6.63. The lowest BCUT2D eigenvalue weighted by Crippen LogP contribution is -2.57. The van der Waals surface area contributed by atoms with Crippen LogP contribution in [0.15, 0.2) is 53.6 Å². The van der Waals surface area contributed by atoms with Crippen LogP contribution in [-0.2, 0) is 27.3 Å². The largest absolute Gasteiger partial charge is 0.341 e. The third-order valence-electron chi connectivity index (χ3n) is 7.79. The van der Waals surface area contributed by atoms with Gasteiger partial charge in [0.25, 0.3) is 5.92 Å². The summed E-state index contributed by atoms with van der Waals surface area (Å²) in [5.74, 6) is -4.33. The predicted molar refractivity (Wildman–Crippen MR) is 145 cm³/mol. The molecule has 1 saturated heterocycles. The first kappa shape index (κ1) is 27.9. The van der Waals surface area contributed by atoms with E-state index >= 15 is 8.78 Å². The Balaban J connectivity index is 1.44. The summed E-state index contributed by atoms with van der Waals surface area (Å²) in [5, 5.41) is 5.24. The van der Waals surface area contributed by atoms with Gasteiger partial charge >= 0.3 is 0 Å². The molecule has 0 unspecified atom stereocenters. The topological polar surface area (TPSA) is 110 Å². The lowest BCUT2D eigenvalue weighted by atomic mass is 9.99. The van der Waals surface area contributed by atoms with Crippen molar-refractivity contribution in [3.05, 3.63) is 59.2 Å². The van der Waals surface area contributed by atoms with Crippen LogP contribution in [0.25, 0.3) is 10.9 Å². The van der Waals surface area contributed by atoms with Crippen molar-refractivity contribution in [2.45, 2.75) is 68.0 Å². The normalized spacial score (nSPS) is 18.6. The van der Waals surface area contributed by atoms with Crippen molar-refractivity contribution in [2.75, 3.05) is 13.1 Å². The van der Waals surface area contributed by atoms with E-state index in [0.29, 0.717) is 24.1 Å². The first-order valence-electron chi connectivity index (χ1n) is 13.2. The molecule has 0 bridgehead atoms. The van der Waals surface area contributed by atoms with E-state index in [0.717, 1.165) is 37.0 Å². The highest BCUT2D eigenvalue weighted by Crippen LogP contribution is 2.35. The zero-order valence-electron chi connectivity index (χ0n) is 21.4. The minimum atomic E-state index is -4.52. The molecule has 39 heavy (non-hydrogen) atoms. The van der Waals surface area contributed by atoms with Gasteiger partial charge in [-0.15, -0.1) is 0 Å². The highest BCUT2D eigenvalue weighted by molar-refractivity contribution is 7.89. The van der Waals surface area contributed by atoms with Crippen molar-refractivity contribution in [3.8, 4) is 0 Å². The summed E-state index contributed by atoms with van der Waals surface area (Å²) < 4.78 is 62.6. The maximum absolute atomic E-state index is 15.9. The molecule has 2 heterocycles. The molecule has 2 aromatic carbocycles. The van der Waals surface area contributed by atoms with E-state index in [2.05, 4.69) is 5.10 Å². The summed E-state index contributed by atoms with van der Waals surface area (Å²) in [6.45, 7) is 1.08. The Labute approximate surface area is 231 Å². The van der Waals surface area contributed by atoms with Gasteiger partial charge in [0.15, 0.2) is 6.04 Å². The Bertz CT molecular complexity index is 1430. The zero-order chi connectivity index (χ0) is 27.8. The smallest absolute Gasteiger partial charge is 0.298 e. The number of hydrogen-bond donors (Lipinski definition) is 2. The van der Waals surface area contributed by atoms with Crippen molar-refractivity contribution in [3.63, 3.8) is 0 Å². The van der Waals surface area contributed by atoms with Gasteiger partial charge in [-0.2, -0.15) is 18.6 Å². The van der Waals surface area contributed by atoms with Gasteiger partial charge in [0.1, 0.15) is 0 Å². The summed E-state index contributed by atoms with van der Waals surface area (Å²) in [7, 11) is -4.52. The molecule has 1 aliphatic carbocycles. The van der Waals surface area contributed by atoms with Crippen LogP contribution in [0, 0.1) is 5.92 Å². The molecule has 1 amide bonds. The Morgan fingerprint density at radius 1 is 1.10 bits per heavy atom. The highest BCUT2D eigenvalue weighted by Gasteiger charge is 2.50. The number of hydrogen-bond acceptors (Lipinski definition) is 5. The van der Waals surface area contributed by atoms with Crippen molar-refractivity contribution < 1.29 is 22.0 Å². The van der Waals surface area contributed by atoms with Crippen LogP contribution >= 0.6 is 11.6 Å². The number of rotatable bonds is 8. The van der Waals surface area contributed by atoms with Gasteiger partial charge in [-0.05, 0) is 61.9 Å². The van der Waals surface area contributed by atoms with E-state index in [-0.39, 0.29) is 29.0 Å². The molecule has 8 nitrogen and oxygen atoms in total. The minimum Gasteiger partial charge on any atom is -0.341 e. The first-order valence-corrected chi connectivity index (χ1v) is 15.1. The molecule has 1 atom stereocenters. The molecule has 0 spiro atoms. The van der Waals surface area contributed by atoms with Gasteiger partial charge in [0.05, 0.1) is 16.6 Å². The highest BCUT2D eigenvalue weighted by atomic mass is 35.5. The summed E-state index contributed by atoms with van der Waals surface area (Å²) >= 11 is 5.87. The van der Waals surface area contributed by atoms with Crippen LogP contribution in [0.3, 0.4) is 0 Å². The van der Waals surface area contributed by atoms with Crippen molar-refractivity contribution >= 4 is 38.4 Å². The third kappa shape index (κ3) is 5.96. The number of nitrogens with two attached hydrogens (primary N) is 1. The Morgan fingerprint density at radius 3 is 2.44 bits per heavy atom. The van der Waals surface area contributed by atoms with Gasteiger partial charge in [-0.3, -0.25) is 9.48 Å².